The molecule has 6 heteroatoms. The number of hydrogen-bond donors (Lipinski definition) is 1. The molecule has 0 spiro atoms. The first-order chi connectivity index (χ1) is 7.47. The second kappa shape index (κ2) is 5.62. The highest BCUT2D eigenvalue weighted by molar-refractivity contribution is 9.14. The molecule has 1 rings (SSSR count). The average Bonchev–Trinajstić information content (AvgIpc) is 2.25. The number of nitrogens with zero attached hydrogens (tertiary/aromatic N) is 1. The van der Waals surface area contributed by atoms with Gasteiger partial charge in [-0.2, -0.15) is 5.26 Å². The molecule has 0 saturated carbocycles. The summed E-state index contributed by atoms with van der Waals surface area (Å²) in [6.07, 6.45) is 1.31. The van der Waals surface area contributed by atoms with E-state index in [1.165, 1.54) is 6.08 Å². The van der Waals surface area contributed by atoms with Crippen molar-refractivity contribution in [3.8, 4) is 6.07 Å². The molecule has 0 aliphatic carbocycles. The van der Waals surface area contributed by atoms with Crippen molar-refractivity contribution in [1.29, 1.82) is 5.26 Å². The van der Waals surface area contributed by atoms with Crippen LogP contribution >= 0.6 is 47.8 Å². The van der Waals surface area contributed by atoms with Gasteiger partial charge in [0, 0.05) is 13.4 Å². The zero-order valence-corrected chi connectivity index (χ0v) is 12.4. The lowest BCUT2D eigenvalue weighted by molar-refractivity contribution is -0.132. The van der Waals surface area contributed by atoms with Gasteiger partial charge in [0.1, 0.15) is 11.6 Å². The van der Waals surface area contributed by atoms with E-state index in [1.807, 2.05) is 0 Å². The molecule has 3 nitrogen and oxygen atoms in total. The van der Waals surface area contributed by atoms with Crippen molar-refractivity contribution >= 4 is 59.8 Å². The normalized spacial score (nSPS) is 11.0. The topological polar surface area (TPSA) is 61.1 Å². The van der Waals surface area contributed by atoms with Crippen LogP contribution in [0.2, 0.25) is 0 Å². The van der Waals surface area contributed by atoms with Crippen LogP contribution in [0.4, 0.5) is 0 Å². The summed E-state index contributed by atoms with van der Waals surface area (Å²) in [6, 6.07) is 5.09. The van der Waals surface area contributed by atoms with Crippen LogP contribution in [-0.2, 0) is 4.79 Å². The van der Waals surface area contributed by atoms with Gasteiger partial charge in [0.15, 0.2) is 0 Å². The molecule has 0 saturated heterocycles. The fourth-order valence-corrected chi connectivity index (χ4v) is 2.37. The Bertz CT molecular complexity index is 518. The van der Waals surface area contributed by atoms with E-state index in [0.717, 1.165) is 8.95 Å². The molecule has 1 N–H and O–H groups in total. The summed E-state index contributed by atoms with van der Waals surface area (Å²) in [6.45, 7) is 0. The summed E-state index contributed by atoms with van der Waals surface area (Å²) < 4.78 is 2.30. The molecular formula is C10H4Br3NO2. The summed E-state index contributed by atoms with van der Waals surface area (Å²) in [4.78, 5) is 10.7. The van der Waals surface area contributed by atoms with Gasteiger partial charge in [0.25, 0.3) is 0 Å². The molecule has 1 aromatic rings. The molecule has 82 valence electrons. The van der Waals surface area contributed by atoms with Crippen LogP contribution in [0.15, 0.2) is 31.1 Å². The first-order valence-corrected chi connectivity index (χ1v) is 6.34. The molecular weight excluding hydrogens is 406 g/mol. The Labute approximate surface area is 117 Å². The highest BCUT2D eigenvalue weighted by Gasteiger charge is 2.10. The van der Waals surface area contributed by atoms with Crippen LogP contribution in [-0.4, -0.2) is 11.1 Å². The number of nitriles is 1. The van der Waals surface area contributed by atoms with Gasteiger partial charge in [-0.05, 0) is 65.5 Å². The fourth-order valence-electron chi connectivity index (χ4n) is 0.950. The molecule has 0 radical (unpaired) electrons. The smallest absolute Gasteiger partial charge is 0.346 e. The molecule has 0 unspecified atom stereocenters. The quantitative estimate of drug-likeness (QED) is 0.457. The van der Waals surface area contributed by atoms with Crippen molar-refractivity contribution in [1.82, 2.24) is 0 Å². The van der Waals surface area contributed by atoms with E-state index in [-0.39, 0.29) is 5.57 Å². The molecule has 0 aliphatic heterocycles. The summed E-state index contributed by atoms with van der Waals surface area (Å²) >= 11 is 9.95. The van der Waals surface area contributed by atoms with Crippen LogP contribution in [0, 0.1) is 11.3 Å². The molecule has 0 heterocycles. The third-order valence-electron chi connectivity index (χ3n) is 1.72. The summed E-state index contributed by atoms with van der Waals surface area (Å²) in [5.41, 5.74) is 0.309. The second-order valence-electron chi connectivity index (χ2n) is 2.74. The van der Waals surface area contributed by atoms with Gasteiger partial charge in [-0.25, -0.2) is 4.79 Å². The zero-order chi connectivity index (χ0) is 12.3. The Morgan fingerprint density at radius 2 is 1.94 bits per heavy atom. The van der Waals surface area contributed by atoms with E-state index in [0.29, 0.717) is 10.0 Å². The maximum absolute atomic E-state index is 10.7. The van der Waals surface area contributed by atoms with Gasteiger partial charge in [0.05, 0.1) is 0 Å². The van der Waals surface area contributed by atoms with E-state index in [1.54, 1.807) is 18.2 Å². The number of rotatable bonds is 2. The van der Waals surface area contributed by atoms with Crippen LogP contribution in [0.5, 0.6) is 0 Å². The number of carbonyl (C=O) groups is 1. The molecule has 0 amide bonds. The average molecular weight is 410 g/mol. The monoisotopic (exact) mass is 407 g/mol. The summed E-state index contributed by atoms with van der Waals surface area (Å²) in [5.74, 6) is -1.24. The SMILES string of the molecule is N#CC(=Cc1ccc(Br)c(Br)c1Br)C(=O)O. The van der Waals surface area contributed by atoms with Crippen molar-refractivity contribution in [3.05, 3.63) is 36.7 Å². The van der Waals surface area contributed by atoms with E-state index in [4.69, 9.17) is 10.4 Å². The number of hydrogen-bond acceptors (Lipinski definition) is 2. The van der Waals surface area contributed by atoms with E-state index in [9.17, 15) is 4.79 Å². The predicted octanol–water partition coefficient (Wildman–Crippen LogP) is 3.97. The maximum atomic E-state index is 10.7. The number of carboxylic acid groups (broad SMARTS) is 1. The Balaban J connectivity index is 3.32. The van der Waals surface area contributed by atoms with Gasteiger partial charge in [-0.1, -0.05) is 6.07 Å². The molecule has 0 atom stereocenters. The van der Waals surface area contributed by atoms with Crippen molar-refractivity contribution < 1.29 is 9.90 Å². The Morgan fingerprint density at radius 3 is 2.44 bits per heavy atom. The Morgan fingerprint density at radius 1 is 1.31 bits per heavy atom. The largest absolute Gasteiger partial charge is 0.477 e. The number of benzene rings is 1. The first kappa shape index (κ1) is 13.4. The molecule has 0 bridgehead atoms. The van der Waals surface area contributed by atoms with Crippen molar-refractivity contribution in [2.24, 2.45) is 0 Å². The number of halogens is 3. The Kier molecular flexibility index (Phi) is 4.71. The van der Waals surface area contributed by atoms with Gasteiger partial charge >= 0.3 is 5.97 Å². The highest BCUT2D eigenvalue weighted by atomic mass is 79.9. The van der Waals surface area contributed by atoms with Crippen molar-refractivity contribution in [3.63, 3.8) is 0 Å². The molecule has 0 fully saturated rings. The third-order valence-corrected chi connectivity index (χ3v) is 5.12. The minimum absolute atomic E-state index is 0.310. The minimum Gasteiger partial charge on any atom is -0.477 e. The number of carboxylic acids is 1. The predicted molar refractivity (Wildman–Crippen MR) is 70.8 cm³/mol. The standard InChI is InChI=1S/C10H4Br3NO2/c11-7-2-1-5(8(12)9(7)13)3-6(4-14)10(15)16/h1-3H,(H,15,16). The van der Waals surface area contributed by atoms with Gasteiger partial charge in [0.2, 0.25) is 0 Å². The summed E-state index contributed by atoms with van der Waals surface area (Å²) in [5, 5.41) is 17.4. The van der Waals surface area contributed by atoms with E-state index >= 15 is 0 Å². The zero-order valence-electron chi connectivity index (χ0n) is 7.67. The molecule has 1 aromatic carbocycles. The third kappa shape index (κ3) is 2.94. The van der Waals surface area contributed by atoms with Crippen molar-refractivity contribution in [2.75, 3.05) is 0 Å². The molecule has 16 heavy (non-hydrogen) atoms. The minimum atomic E-state index is -1.24. The van der Waals surface area contributed by atoms with Crippen LogP contribution in [0.25, 0.3) is 6.08 Å². The summed E-state index contributed by atoms with van der Waals surface area (Å²) in [7, 11) is 0. The Hall–Kier alpha value is -0.640. The van der Waals surface area contributed by atoms with Gasteiger partial charge in [-0.3, -0.25) is 0 Å². The van der Waals surface area contributed by atoms with Crippen LogP contribution in [0.1, 0.15) is 5.56 Å². The molecule has 0 aliphatic rings. The second-order valence-corrected chi connectivity index (χ2v) is 5.18. The lowest BCUT2D eigenvalue weighted by Crippen LogP contribution is -1.97. The molecule has 0 aromatic heterocycles. The fraction of sp³-hybridized carbons (Fsp3) is 0. The number of aliphatic carboxylic acids is 1. The highest BCUT2D eigenvalue weighted by Crippen LogP contribution is 2.34. The van der Waals surface area contributed by atoms with Crippen LogP contribution < -0.4 is 0 Å². The lowest BCUT2D eigenvalue weighted by atomic mass is 10.1. The van der Waals surface area contributed by atoms with Gasteiger partial charge < -0.3 is 5.11 Å². The first-order valence-electron chi connectivity index (χ1n) is 3.96. The van der Waals surface area contributed by atoms with E-state index < -0.39 is 5.97 Å². The van der Waals surface area contributed by atoms with Crippen LogP contribution in [0.3, 0.4) is 0 Å². The maximum Gasteiger partial charge on any atom is 0.346 e. The lowest BCUT2D eigenvalue weighted by Gasteiger charge is -2.03. The van der Waals surface area contributed by atoms with Gasteiger partial charge in [-0.15, -0.1) is 0 Å². The van der Waals surface area contributed by atoms with Crippen molar-refractivity contribution in [2.45, 2.75) is 0 Å². The van der Waals surface area contributed by atoms with E-state index in [2.05, 4.69) is 47.8 Å².